The van der Waals surface area contributed by atoms with Crippen molar-refractivity contribution in [1.29, 1.82) is 0 Å². The van der Waals surface area contributed by atoms with Gasteiger partial charge in [-0.05, 0) is 53.2 Å². The quantitative estimate of drug-likeness (QED) is 0.146. The molecule has 0 aromatic heterocycles. The molecule has 0 aliphatic heterocycles. The zero-order valence-corrected chi connectivity index (χ0v) is 18.7. The van der Waals surface area contributed by atoms with Crippen molar-refractivity contribution in [3.8, 4) is 11.5 Å². The highest BCUT2D eigenvalue weighted by molar-refractivity contribution is 6.39. The van der Waals surface area contributed by atoms with Crippen molar-refractivity contribution in [3.05, 3.63) is 102 Å². The molecule has 0 bridgehead atoms. The van der Waals surface area contributed by atoms with Crippen LogP contribution < -0.4 is 20.2 Å². The number of nitrogens with zero attached hydrogens (tertiary/aromatic N) is 1. The highest BCUT2D eigenvalue weighted by Gasteiger charge is 2.15. The fourth-order valence-electron chi connectivity index (χ4n) is 3.30. The molecule has 8 heteroatoms. The maximum absolute atomic E-state index is 12.7. The minimum absolute atomic E-state index is 0.247. The lowest BCUT2D eigenvalue weighted by Crippen LogP contribution is -2.32. The van der Waals surface area contributed by atoms with Crippen LogP contribution in [0.2, 0.25) is 0 Å². The van der Waals surface area contributed by atoms with E-state index in [9.17, 15) is 14.4 Å². The molecule has 8 nitrogen and oxygen atoms in total. The minimum atomic E-state index is -0.942. The van der Waals surface area contributed by atoms with Crippen LogP contribution in [0, 0.1) is 0 Å². The Hall–Kier alpha value is -4.98. The Balaban J connectivity index is 1.54. The van der Waals surface area contributed by atoms with E-state index in [-0.39, 0.29) is 5.75 Å². The summed E-state index contributed by atoms with van der Waals surface area (Å²) in [5.74, 6) is -1.51. The van der Waals surface area contributed by atoms with Crippen molar-refractivity contribution in [3.63, 3.8) is 0 Å². The number of hydrogen-bond donors (Lipinski definition) is 2. The van der Waals surface area contributed by atoms with Crippen LogP contribution in [0.1, 0.15) is 15.9 Å². The molecule has 35 heavy (non-hydrogen) atoms. The lowest BCUT2D eigenvalue weighted by atomic mass is 10.0. The van der Waals surface area contributed by atoms with E-state index in [0.29, 0.717) is 22.6 Å². The van der Waals surface area contributed by atoms with Gasteiger partial charge in [-0.15, -0.1) is 0 Å². The molecule has 4 aromatic carbocycles. The van der Waals surface area contributed by atoms with Crippen LogP contribution in [0.3, 0.4) is 0 Å². The van der Waals surface area contributed by atoms with Crippen LogP contribution in [0.4, 0.5) is 5.69 Å². The van der Waals surface area contributed by atoms with Gasteiger partial charge in [-0.2, -0.15) is 5.10 Å². The molecule has 2 N–H and O–H groups in total. The van der Waals surface area contributed by atoms with Crippen molar-refractivity contribution in [2.45, 2.75) is 0 Å². The topological polar surface area (TPSA) is 106 Å². The average Bonchev–Trinajstić information content (AvgIpc) is 2.90. The molecule has 0 aliphatic carbocycles. The number of esters is 1. The third-order valence-corrected chi connectivity index (χ3v) is 5.06. The Morgan fingerprint density at radius 1 is 0.800 bits per heavy atom. The summed E-state index contributed by atoms with van der Waals surface area (Å²) < 4.78 is 10.7. The molecular formula is C27H21N3O5. The second kappa shape index (κ2) is 10.8. The van der Waals surface area contributed by atoms with E-state index in [1.165, 1.54) is 13.3 Å². The number of para-hydroxylation sites is 1. The molecule has 4 aromatic rings. The van der Waals surface area contributed by atoms with E-state index in [2.05, 4.69) is 15.8 Å². The van der Waals surface area contributed by atoms with Crippen molar-refractivity contribution >= 4 is 40.5 Å². The monoisotopic (exact) mass is 467 g/mol. The van der Waals surface area contributed by atoms with E-state index in [4.69, 9.17) is 9.47 Å². The van der Waals surface area contributed by atoms with Crippen LogP contribution in [-0.2, 0) is 9.59 Å². The second-order valence-electron chi connectivity index (χ2n) is 7.34. The third kappa shape index (κ3) is 5.69. The number of amides is 2. The maximum atomic E-state index is 12.7. The number of methoxy groups -OCH3 is 1. The van der Waals surface area contributed by atoms with Gasteiger partial charge in [-0.25, -0.2) is 10.2 Å². The lowest BCUT2D eigenvalue weighted by Gasteiger charge is -2.11. The van der Waals surface area contributed by atoms with Crippen molar-refractivity contribution < 1.29 is 23.9 Å². The standard InChI is InChI=1S/C27H21N3O5/c1-34-21-14-11-19(12-15-21)27(33)35-24-16-13-18-7-5-6-10-22(18)23(24)17-28-30-26(32)25(31)29-20-8-3-2-4-9-20/h2-17H,1H3,(H,29,31)(H,30,32). The zero-order chi connectivity index (χ0) is 24.6. The molecule has 0 spiro atoms. The number of anilines is 1. The van der Waals surface area contributed by atoms with Gasteiger partial charge in [0.15, 0.2) is 0 Å². The van der Waals surface area contributed by atoms with E-state index >= 15 is 0 Å². The fraction of sp³-hybridized carbons (Fsp3) is 0.0370. The average molecular weight is 467 g/mol. The van der Waals surface area contributed by atoms with Gasteiger partial charge in [0.05, 0.1) is 18.9 Å². The summed E-state index contributed by atoms with van der Waals surface area (Å²) in [5, 5.41) is 8.04. The van der Waals surface area contributed by atoms with Gasteiger partial charge in [0.2, 0.25) is 0 Å². The first kappa shape index (κ1) is 23.2. The Morgan fingerprint density at radius 2 is 1.51 bits per heavy atom. The molecule has 0 heterocycles. The molecule has 4 rings (SSSR count). The fourth-order valence-corrected chi connectivity index (χ4v) is 3.30. The molecule has 2 amide bonds. The van der Waals surface area contributed by atoms with Crippen molar-refractivity contribution in [2.24, 2.45) is 5.10 Å². The van der Waals surface area contributed by atoms with E-state index in [1.807, 2.05) is 30.3 Å². The number of fused-ring (bicyclic) bond motifs is 1. The van der Waals surface area contributed by atoms with E-state index in [0.717, 1.165) is 10.8 Å². The number of ether oxygens (including phenoxy) is 2. The summed E-state index contributed by atoms with van der Waals surface area (Å²) in [7, 11) is 1.54. The first-order chi connectivity index (χ1) is 17.0. The summed E-state index contributed by atoms with van der Waals surface area (Å²) in [6.45, 7) is 0. The lowest BCUT2D eigenvalue weighted by molar-refractivity contribution is -0.136. The van der Waals surface area contributed by atoms with Gasteiger partial charge in [-0.1, -0.05) is 48.5 Å². The molecule has 0 aliphatic rings. The number of hydrazone groups is 1. The highest BCUT2D eigenvalue weighted by Crippen LogP contribution is 2.27. The summed E-state index contributed by atoms with van der Waals surface area (Å²) in [4.78, 5) is 37.0. The normalized spacial score (nSPS) is 10.7. The highest BCUT2D eigenvalue weighted by atomic mass is 16.5. The van der Waals surface area contributed by atoms with Gasteiger partial charge in [0, 0.05) is 11.3 Å². The van der Waals surface area contributed by atoms with Gasteiger partial charge in [-0.3, -0.25) is 9.59 Å². The summed E-state index contributed by atoms with van der Waals surface area (Å²) in [6.07, 6.45) is 1.34. The molecule has 0 radical (unpaired) electrons. The Labute approximate surface area is 201 Å². The molecule has 0 saturated heterocycles. The van der Waals surface area contributed by atoms with Crippen molar-refractivity contribution in [1.82, 2.24) is 5.43 Å². The summed E-state index contributed by atoms with van der Waals surface area (Å²) >= 11 is 0. The second-order valence-corrected chi connectivity index (χ2v) is 7.34. The van der Waals surface area contributed by atoms with Gasteiger partial charge < -0.3 is 14.8 Å². The van der Waals surface area contributed by atoms with Crippen LogP contribution >= 0.6 is 0 Å². The predicted molar refractivity (Wildman–Crippen MR) is 133 cm³/mol. The molecular weight excluding hydrogens is 446 g/mol. The SMILES string of the molecule is COc1ccc(C(=O)Oc2ccc3ccccc3c2C=NNC(=O)C(=O)Nc2ccccc2)cc1. The number of rotatable bonds is 6. The number of hydrogen-bond acceptors (Lipinski definition) is 6. The van der Waals surface area contributed by atoms with E-state index in [1.54, 1.807) is 60.7 Å². The number of nitrogens with one attached hydrogen (secondary N) is 2. The smallest absolute Gasteiger partial charge is 0.343 e. The number of carbonyl (C=O) groups excluding carboxylic acids is 3. The molecule has 0 atom stereocenters. The maximum Gasteiger partial charge on any atom is 0.343 e. The third-order valence-electron chi connectivity index (χ3n) is 5.06. The molecule has 0 saturated carbocycles. The van der Waals surface area contributed by atoms with Gasteiger partial charge in [0.1, 0.15) is 11.5 Å². The van der Waals surface area contributed by atoms with Crippen LogP contribution in [-0.4, -0.2) is 31.1 Å². The van der Waals surface area contributed by atoms with Crippen LogP contribution in [0.15, 0.2) is 96.1 Å². The molecule has 0 unspecified atom stereocenters. The Kier molecular flexibility index (Phi) is 7.13. The number of carbonyl (C=O) groups is 3. The predicted octanol–water partition coefficient (Wildman–Crippen LogP) is 4.16. The first-order valence-corrected chi connectivity index (χ1v) is 10.6. The summed E-state index contributed by atoms with van der Waals surface area (Å²) in [5.41, 5.74) is 3.50. The Bertz CT molecular complexity index is 1400. The molecule has 174 valence electrons. The van der Waals surface area contributed by atoms with Gasteiger partial charge in [0.25, 0.3) is 0 Å². The van der Waals surface area contributed by atoms with Crippen molar-refractivity contribution in [2.75, 3.05) is 12.4 Å². The zero-order valence-electron chi connectivity index (χ0n) is 18.7. The van der Waals surface area contributed by atoms with E-state index < -0.39 is 17.8 Å². The number of benzene rings is 4. The van der Waals surface area contributed by atoms with Gasteiger partial charge >= 0.3 is 17.8 Å². The van der Waals surface area contributed by atoms with Crippen LogP contribution in [0.25, 0.3) is 10.8 Å². The Morgan fingerprint density at radius 3 is 2.26 bits per heavy atom. The molecule has 0 fully saturated rings. The first-order valence-electron chi connectivity index (χ1n) is 10.6. The summed E-state index contributed by atoms with van der Waals surface area (Å²) in [6, 6.07) is 26.0. The minimum Gasteiger partial charge on any atom is -0.497 e. The largest absolute Gasteiger partial charge is 0.497 e. The van der Waals surface area contributed by atoms with Crippen LogP contribution in [0.5, 0.6) is 11.5 Å².